The van der Waals surface area contributed by atoms with Gasteiger partial charge in [0, 0.05) is 13.1 Å². The third-order valence-electron chi connectivity index (χ3n) is 2.34. The molecule has 2 heteroatoms. The van der Waals surface area contributed by atoms with Gasteiger partial charge in [0.2, 0.25) is 0 Å². The Kier molecular flexibility index (Phi) is 6.35. The molecule has 0 aliphatic rings. The molecule has 0 aromatic rings. The molecule has 1 N–H and O–H groups in total. The molecule has 0 rings (SSSR count). The van der Waals surface area contributed by atoms with Gasteiger partial charge in [0.15, 0.2) is 0 Å². The van der Waals surface area contributed by atoms with E-state index in [2.05, 4.69) is 18.7 Å². The molecule has 80 valence electrons. The number of nitrogens with zero attached hydrogens (tertiary/aromatic N) is 1. The number of unbranched alkanes of at least 4 members (excludes halogenated alkanes) is 2. The van der Waals surface area contributed by atoms with Crippen LogP contribution in [0.1, 0.15) is 53.4 Å². The van der Waals surface area contributed by atoms with Crippen molar-refractivity contribution in [3.8, 4) is 0 Å². The summed E-state index contributed by atoms with van der Waals surface area (Å²) in [6.07, 6.45) is 4.73. The van der Waals surface area contributed by atoms with Crippen molar-refractivity contribution in [2.75, 3.05) is 13.1 Å². The Morgan fingerprint density at radius 1 is 1.00 bits per heavy atom. The first-order valence-electron chi connectivity index (χ1n) is 5.49. The lowest BCUT2D eigenvalue weighted by Crippen LogP contribution is -2.44. The third kappa shape index (κ3) is 6.05. The van der Waals surface area contributed by atoms with Crippen LogP contribution < -0.4 is 0 Å². The second-order valence-corrected chi connectivity index (χ2v) is 4.19. The van der Waals surface area contributed by atoms with Gasteiger partial charge in [0.25, 0.3) is 0 Å². The highest BCUT2D eigenvalue weighted by atomic mass is 16.3. The van der Waals surface area contributed by atoms with E-state index in [1.54, 1.807) is 0 Å². The molecule has 0 heterocycles. The van der Waals surface area contributed by atoms with Gasteiger partial charge in [-0.1, -0.05) is 26.7 Å². The van der Waals surface area contributed by atoms with Crippen molar-refractivity contribution in [2.45, 2.75) is 59.1 Å². The van der Waals surface area contributed by atoms with Crippen LogP contribution in [0.3, 0.4) is 0 Å². The molecule has 0 aromatic carbocycles. The Labute approximate surface area is 82.9 Å². The lowest BCUT2D eigenvalue weighted by atomic mass is 10.2. The van der Waals surface area contributed by atoms with E-state index < -0.39 is 5.72 Å². The Bertz CT molecular complexity index is 110. The Balaban J connectivity index is 3.88. The van der Waals surface area contributed by atoms with Crippen molar-refractivity contribution in [1.82, 2.24) is 4.90 Å². The molecule has 0 aliphatic heterocycles. The maximum Gasteiger partial charge on any atom is 0.112 e. The summed E-state index contributed by atoms with van der Waals surface area (Å²) in [7, 11) is 0. The molecule has 0 aliphatic carbocycles. The van der Waals surface area contributed by atoms with Gasteiger partial charge in [-0.25, -0.2) is 0 Å². The van der Waals surface area contributed by atoms with E-state index in [4.69, 9.17) is 0 Å². The van der Waals surface area contributed by atoms with Crippen molar-refractivity contribution in [3.63, 3.8) is 0 Å². The molecular formula is C11H25NO. The zero-order valence-corrected chi connectivity index (χ0v) is 9.64. The minimum absolute atomic E-state index is 0.648. The fourth-order valence-electron chi connectivity index (χ4n) is 1.36. The van der Waals surface area contributed by atoms with Gasteiger partial charge in [-0.3, -0.25) is 4.90 Å². The highest BCUT2D eigenvalue weighted by Gasteiger charge is 2.21. The first-order valence-corrected chi connectivity index (χ1v) is 5.49. The Morgan fingerprint density at radius 3 is 1.62 bits per heavy atom. The number of rotatable bonds is 7. The van der Waals surface area contributed by atoms with Crippen molar-refractivity contribution < 1.29 is 5.11 Å². The molecule has 0 aromatic heterocycles. The van der Waals surface area contributed by atoms with Gasteiger partial charge in [-0.05, 0) is 26.7 Å². The van der Waals surface area contributed by atoms with Gasteiger partial charge in [-0.15, -0.1) is 0 Å². The quantitative estimate of drug-likeness (QED) is 0.619. The number of aliphatic hydroxyl groups is 1. The summed E-state index contributed by atoms with van der Waals surface area (Å²) in [5.41, 5.74) is -0.648. The normalized spacial score (nSPS) is 12.5. The molecule has 0 amide bonds. The summed E-state index contributed by atoms with van der Waals surface area (Å²) in [5.74, 6) is 0. The van der Waals surface area contributed by atoms with Crippen LogP contribution in [0.5, 0.6) is 0 Å². The minimum Gasteiger partial charge on any atom is -0.376 e. The first-order chi connectivity index (χ1) is 6.02. The summed E-state index contributed by atoms with van der Waals surface area (Å²) in [5, 5.41) is 9.86. The minimum atomic E-state index is -0.648. The molecule has 0 saturated heterocycles. The Hall–Kier alpha value is -0.0800. The fraction of sp³-hybridized carbons (Fsp3) is 1.00. The number of hydrogen-bond donors (Lipinski definition) is 1. The molecular weight excluding hydrogens is 162 g/mol. The maximum atomic E-state index is 9.86. The number of hydrogen-bond acceptors (Lipinski definition) is 2. The van der Waals surface area contributed by atoms with Gasteiger partial charge in [0.1, 0.15) is 5.72 Å². The van der Waals surface area contributed by atoms with Crippen LogP contribution in [0.4, 0.5) is 0 Å². The Morgan fingerprint density at radius 2 is 1.38 bits per heavy atom. The molecule has 0 spiro atoms. The topological polar surface area (TPSA) is 23.5 Å². The molecule has 2 nitrogen and oxygen atoms in total. The van der Waals surface area contributed by atoms with E-state index in [0.717, 1.165) is 13.1 Å². The van der Waals surface area contributed by atoms with E-state index in [-0.39, 0.29) is 0 Å². The van der Waals surface area contributed by atoms with E-state index >= 15 is 0 Å². The largest absolute Gasteiger partial charge is 0.376 e. The van der Waals surface area contributed by atoms with E-state index in [0.29, 0.717) is 0 Å². The van der Waals surface area contributed by atoms with Gasteiger partial charge in [0.05, 0.1) is 0 Å². The average Bonchev–Trinajstić information content (AvgIpc) is 2.02. The van der Waals surface area contributed by atoms with Crippen LogP contribution in [-0.2, 0) is 0 Å². The molecule has 0 atom stereocenters. The average molecular weight is 187 g/mol. The fourth-order valence-corrected chi connectivity index (χ4v) is 1.36. The van der Waals surface area contributed by atoms with Crippen molar-refractivity contribution >= 4 is 0 Å². The second kappa shape index (κ2) is 6.39. The van der Waals surface area contributed by atoms with Gasteiger partial charge < -0.3 is 5.11 Å². The van der Waals surface area contributed by atoms with Crippen molar-refractivity contribution in [1.29, 1.82) is 0 Å². The van der Waals surface area contributed by atoms with E-state index in [1.165, 1.54) is 25.7 Å². The smallest absolute Gasteiger partial charge is 0.112 e. The van der Waals surface area contributed by atoms with Crippen LogP contribution >= 0.6 is 0 Å². The van der Waals surface area contributed by atoms with E-state index in [1.807, 2.05) is 13.8 Å². The van der Waals surface area contributed by atoms with Crippen LogP contribution in [-0.4, -0.2) is 28.8 Å². The summed E-state index contributed by atoms with van der Waals surface area (Å²) < 4.78 is 0. The summed E-state index contributed by atoms with van der Waals surface area (Å²) >= 11 is 0. The lowest BCUT2D eigenvalue weighted by molar-refractivity contribution is -0.0791. The lowest BCUT2D eigenvalue weighted by Gasteiger charge is -2.34. The van der Waals surface area contributed by atoms with Crippen molar-refractivity contribution in [2.24, 2.45) is 0 Å². The summed E-state index contributed by atoms with van der Waals surface area (Å²) in [6, 6.07) is 0. The highest BCUT2D eigenvalue weighted by molar-refractivity contribution is 4.69. The molecule has 0 bridgehead atoms. The predicted octanol–water partition coefficient (Wildman–Crippen LogP) is 2.62. The van der Waals surface area contributed by atoms with Crippen molar-refractivity contribution in [3.05, 3.63) is 0 Å². The highest BCUT2D eigenvalue weighted by Crippen LogP contribution is 2.12. The maximum absolute atomic E-state index is 9.86. The van der Waals surface area contributed by atoms with Gasteiger partial charge >= 0.3 is 0 Å². The SMILES string of the molecule is CCCCN(CCCC)C(C)(C)O. The molecule has 0 radical (unpaired) electrons. The molecule has 0 unspecified atom stereocenters. The zero-order valence-electron chi connectivity index (χ0n) is 9.64. The zero-order chi connectivity index (χ0) is 10.3. The third-order valence-corrected chi connectivity index (χ3v) is 2.34. The van der Waals surface area contributed by atoms with E-state index in [9.17, 15) is 5.11 Å². The molecule has 13 heavy (non-hydrogen) atoms. The van der Waals surface area contributed by atoms with Gasteiger partial charge in [-0.2, -0.15) is 0 Å². The summed E-state index contributed by atoms with van der Waals surface area (Å²) in [6.45, 7) is 10.1. The summed E-state index contributed by atoms with van der Waals surface area (Å²) in [4.78, 5) is 2.17. The van der Waals surface area contributed by atoms with Crippen LogP contribution in [0.25, 0.3) is 0 Å². The first kappa shape index (κ1) is 12.9. The van der Waals surface area contributed by atoms with Crippen LogP contribution in [0.15, 0.2) is 0 Å². The molecule has 0 fully saturated rings. The predicted molar refractivity (Wildman–Crippen MR) is 57.7 cm³/mol. The standard InChI is InChI=1S/C11H25NO/c1-5-7-9-12(10-8-6-2)11(3,4)13/h13H,5-10H2,1-4H3. The second-order valence-electron chi connectivity index (χ2n) is 4.19. The molecule has 0 saturated carbocycles. The van der Waals surface area contributed by atoms with Crippen LogP contribution in [0.2, 0.25) is 0 Å². The monoisotopic (exact) mass is 187 g/mol. The van der Waals surface area contributed by atoms with Crippen LogP contribution in [0, 0.1) is 0 Å².